The van der Waals surface area contributed by atoms with Crippen molar-refractivity contribution in [2.24, 2.45) is 0 Å². The zero-order valence-corrected chi connectivity index (χ0v) is 11.0. The van der Waals surface area contributed by atoms with Crippen LogP contribution < -0.4 is 5.32 Å². The largest absolute Gasteiger partial charge is 0.508 e. The van der Waals surface area contributed by atoms with Crippen LogP contribution in [0.4, 0.5) is 0 Å². The Hall–Kier alpha value is -1.80. The van der Waals surface area contributed by atoms with Crippen molar-refractivity contribution in [1.29, 1.82) is 0 Å². The van der Waals surface area contributed by atoms with Crippen LogP contribution in [0.1, 0.15) is 35.4 Å². The Bertz CT molecular complexity index is 543. The van der Waals surface area contributed by atoms with Crippen molar-refractivity contribution in [3.63, 3.8) is 0 Å². The summed E-state index contributed by atoms with van der Waals surface area (Å²) in [5.74, 6) is 1.14. The average Bonchev–Trinajstić information content (AvgIpc) is 3.26. The summed E-state index contributed by atoms with van der Waals surface area (Å²) >= 11 is 0. The SMILES string of the molecule is Oc1ccc(CNCc2cccc(C3CC3)c2)cc1. The van der Waals surface area contributed by atoms with E-state index >= 15 is 0 Å². The first-order valence-corrected chi connectivity index (χ1v) is 6.89. The fraction of sp³-hybridized carbons (Fsp3) is 0.294. The minimum atomic E-state index is 0.320. The maximum Gasteiger partial charge on any atom is 0.115 e. The van der Waals surface area contributed by atoms with Gasteiger partial charge in [-0.25, -0.2) is 0 Å². The molecule has 2 heteroatoms. The molecule has 0 amide bonds. The zero-order valence-electron chi connectivity index (χ0n) is 11.0. The van der Waals surface area contributed by atoms with Crippen molar-refractivity contribution < 1.29 is 5.11 Å². The van der Waals surface area contributed by atoms with E-state index in [2.05, 4.69) is 29.6 Å². The third kappa shape index (κ3) is 3.36. The van der Waals surface area contributed by atoms with E-state index in [0.29, 0.717) is 5.75 Å². The van der Waals surface area contributed by atoms with Crippen LogP contribution in [-0.2, 0) is 13.1 Å². The molecule has 0 spiro atoms. The van der Waals surface area contributed by atoms with E-state index in [1.807, 2.05) is 12.1 Å². The van der Waals surface area contributed by atoms with Gasteiger partial charge >= 0.3 is 0 Å². The summed E-state index contributed by atoms with van der Waals surface area (Å²) in [5.41, 5.74) is 4.03. The number of rotatable bonds is 5. The molecule has 2 aromatic rings. The quantitative estimate of drug-likeness (QED) is 0.854. The number of phenolic OH excluding ortho intramolecular Hbond substituents is 1. The molecule has 19 heavy (non-hydrogen) atoms. The first-order valence-electron chi connectivity index (χ1n) is 6.89. The summed E-state index contributed by atoms with van der Waals surface area (Å²) in [7, 11) is 0. The van der Waals surface area contributed by atoms with Gasteiger partial charge in [0, 0.05) is 13.1 Å². The second-order valence-electron chi connectivity index (χ2n) is 5.29. The third-order valence-corrected chi connectivity index (χ3v) is 3.59. The standard InChI is InChI=1S/C17H19NO/c19-17-8-4-13(5-9-17)11-18-12-14-2-1-3-16(10-14)15-6-7-15/h1-5,8-10,15,18-19H,6-7,11-12H2. The molecule has 0 saturated heterocycles. The fourth-order valence-electron chi connectivity index (χ4n) is 2.34. The van der Waals surface area contributed by atoms with Crippen LogP contribution >= 0.6 is 0 Å². The zero-order chi connectivity index (χ0) is 13.1. The highest BCUT2D eigenvalue weighted by atomic mass is 16.3. The number of aromatic hydroxyl groups is 1. The molecule has 1 saturated carbocycles. The second kappa shape index (κ2) is 5.45. The minimum Gasteiger partial charge on any atom is -0.508 e. The number of phenols is 1. The molecule has 0 radical (unpaired) electrons. The van der Waals surface area contributed by atoms with E-state index in [0.717, 1.165) is 19.0 Å². The lowest BCUT2D eigenvalue weighted by atomic mass is 10.1. The molecular formula is C17H19NO. The van der Waals surface area contributed by atoms with Gasteiger partial charge in [-0.05, 0) is 47.6 Å². The average molecular weight is 253 g/mol. The smallest absolute Gasteiger partial charge is 0.115 e. The van der Waals surface area contributed by atoms with Crippen molar-refractivity contribution in [1.82, 2.24) is 5.32 Å². The van der Waals surface area contributed by atoms with Gasteiger partial charge in [-0.3, -0.25) is 0 Å². The lowest BCUT2D eigenvalue weighted by Crippen LogP contribution is -2.12. The maximum absolute atomic E-state index is 9.23. The lowest BCUT2D eigenvalue weighted by Gasteiger charge is -2.07. The molecule has 0 bridgehead atoms. The van der Waals surface area contributed by atoms with Crippen LogP contribution in [0.25, 0.3) is 0 Å². The number of hydrogen-bond donors (Lipinski definition) is 2. The number of nitrogens with one attached hydrogen (secondary N) is 1. The van der Waals surface area contributed by atoms with E-state index in [1.165, 1.54) is 29.5 Å². The van der Waals surface area contributed by atoms with E-state index in [-0.39, 0.29) is 0 Å². The molecule has 0 aliphatic heterocycles. The third-order valence-electron chi connectivity index (χ3n) is 3.59. The Kier molecular flexibility index (Phi) is 3.51. The summed E-state index contributed by atoms with van der Waals surface area (Å²) in [4.78, 5) is 0. The fourth-order valence-corrected chi connectivity index (χ4v) is 2.34. The van der Waals surface area contributed by atoms with Crippen LogP contribution in [-0.4, -0.2) is 5.11 Å². The Labute approximate surface area is 114 Å². The van der Waals surface area contributed by atoms with Crippen molar-refractivity contribution in [3.8, 4) is 5.75 Å². The number of hydrogen-bond acceptors (Lipinski definition) is 2. The summed E-state index contributed by atoms with van der Waals surface area (Å²) in [5, 5.41) is 12.7. The maximum atomic E-state index is 9.23. The van der Waals surface area contributed by atoms with Gasteiger partial charge in [0.25, 0.3) is 0 Å². The molecule has 0 unspecified atom stereocenters. The summed E-state index contributed by atoms with van der Waals surface area (Å²) in [6.45, 7) is 1.72. The molecule has 2 nitrogen and oxygen atoms in total. The Morgan fingerprint density at radius 2 is 1.68 bits per heavy atom. The molecular weight excluding hydrogens is 234 g/mol. The van der Waals surface area contributed by atoms with Crippen LogP contribution in [0.15, 0.2) is 48.5 Å². The minimum absolute atomic E-state index is 0.320. The highest BCUT2D eigenvalue weighted by Crippen LogP contribution is 2.40. The second-order valence-corrected chi connectivity index (χ2v) is 5.29. The Morgan fingerprint density at radius 3 is 2.42 bits per heavy atom. The number of benzene rings is 2. The summed E-state index contributed by atoms with van der Waals surface area (Å²) in [6.07, 6.45) is 2.70. The van der Waals surface area contributed by atoms with Gasteiger partial charge in [0.1, 0.15) is 5.75 Å². The van der Waals surface area contributed by atoms with E-state index in [9.17, 15) is 5.11 Å². The Morgan fingerprint density at radius 1 is 0.947 bits per heavy atom. The van der Waals surface area contributed by atoms with Crippen molar-refractivity contribution in [2.45, 2.75) is 31.8 Å². The van der Waals surface area contributed by atoms with E-state index in [4.69, 9.17) is 0 Å². The molecule has 0 atom stereocenters. The van der Waals surface area contributed by atoms with Crippen LogP contribution in [0.5, 0.6) is 5.75 Å². The molecule has 2 N–H and O–H groups in total. The molecule has 98 valence electrons. The van der Waals surface area contributed by atoms with Crippen molar-refractivity contribution in [3.05, 3.63) is 65.2 Å². The molecule has 0 aromatic heterocycles. The predicted octanol–water partition coefficient (Wildman–Crippen LogP) is 3.56. The lowest BCUT2D eigenvalue weighted by molar-refractivity contribution is 0.475. The molecule has 1 fully saturated rings. The highest BCUT2D eigenvalue weighted by Gasteiger charge is 2.23. The van der Waals surface area contributed by atoms with Gasteiger partial charge < -0.3 is 10.4 Å². The first-order chi connectivity index (χ1) is 9.31. The van der Waals surface area contributed by atoms with Crippen LogP contribution in [0, 0.1) is 0 Å². The normalized spacial score (nSPS) is 14.5. The molecule has 0 heterocycles. The van der Waals surface area contributed by atoms with Gasteiger partial charge in [-0.2, -0.15) is 0 Å². The molecule has 1 aliphatic rings. The van der Waals surface area contributed by atoms with Gasteiger partial charge in [-0.1, -0.05) is 36.4 Å². The highest BCUT2D eigenvalue weighted by molar-refractivity contribution is 5.29. The molecule has 2 aromatic carbocycles. The monoisotopic (exact) mass is 253 g/mol. The van der Waals surface area contributed by atoms with Gasteiger partial charge in [0.05, 0.1) is 0 Å². The van der Waals surface area contributed by atoms with E-state index in [1.54, 1.807) is 12.1 Å². The summed E-state index contributed by atoms with van der Waals surface area (Å²) < 4.78 is 0. The van der Waals surface area contributed by atoms with Crippen molar-refractivity contribution >= 4 is 0 Å². The first kappa shape index (κ1) is 12.2. The molecule has 3 rings (SSSR count). The van der Waals surface area contributed by atoms with E-state index < -0.39 is 0 Å². The molecule has 1 aliphatic carbocycles. The topological polar surface area (TPSA) is 32.3 Å². The van der Waals surface area contributed by atoms with Crippen LogP contribution in [0.3, 0.4) is 0 Å². The van der Waals surface area contributed by atoms with Crippen molar-refractivity contribution in [2.75, 3.05) is 0 Å². The van der Waals surface area contributed by atoms with Gasteiger partial charge in [0.2, 0.25) is 0 Å². The Balaban J connectivity index is 1.54. The van der Waals surface area contributed by atoms with Crippen LogP contribution in [0.2, 0.25) is 0 Å². The predicted molar refractivity (Wildman–Crippen MR) is 77.1 cm³/mol. The van der Waals surface area contributed by atoms with Gasteiger partial charge in [0.15, 0.2) is 0 Å². The van der Waals surface area contributed by atoms with Gasteiger partial charge in [-0.15, -0.1) is 0 Å². The summed E-state index contributed by atoms with van der Waals surface area (Å²) in [6, 6.07) is 16.2.